The maximum atomic E-state index is 9.30. The molecule has 2 atom stereocenters. The number of nitrogens with one attached hydrogen (secondary N) is 1. The summed E-state index contributed by atoms with van der Waals surface area (Å²) in [4.78, 5) is 0. The van der Waals surface area contributed by atoms with E-state index in [1.165, 1.54) is 0 Å². The number of aliphatic hydroxyl groups excluding tert-OH is 2. The summed E-state index contributed by atoms with van der Waals surface area (Å²) in [6, 6.07) is 0. The van der Waals surface area contributed by atoms with Crippen molar-refractivity contribution in [3.05, 3.63) is 0 Å². The Hall–Kier alpha value is -0.120. The van der Waals surface area contributed by atoms with Crippen molar-refractivity contribution in [3.63, 3.8) is 0 Å². The Kier molecular flexibility index (Phi) is 6.41. The molecule has 3 nitrogen and oxygen atoms in total. The fourth-order valence-corrected chi connectivity index (χ4v) is 1.36. The zero-order valence-electron chi connectivity index (χ0n) is 10.6. The monoisotopic (exact) mass is 217 g/mol. The molecule has 0 fully saturated rings. The standard InChI is InChI=1S/C12H27NO2/c1-5-11(3,10-15)9-13-12(4,6-2)7-8-14/h13-15H,5-10H2,1-4H3. The SMILES string of the molecule is CCC(C)(CO)CNC(C)(CC)CCO. The van der Waals surface area contributed by atoms with Crippen molar-refractivity contribution in [2.75, 3.05) is 19.8 Å². The van der Waals surface area contributed by atoms with Crippen LogP contribution in [0.5, 0.6) is 0 Å². The molecule has 0 heterocycles. The molecule has 0 amide bonds. The maximum Gasteiger partial charge on any atom is 0.0496 e. The molecule has 0 aromatic carbocycles. The van der Waals surface area contributed by atoms with Gasteiger partial charge in [0.25, 0.3) is 0 Å². The van der Waals surface area contributed by atoms with Gasteiger partial charge in [0.2, 0.25) is 0 Å². The maximum absolute atomic E-state index is 9.30. The summed E-state index contributed by atoms with van der Waals surface area (Å²) in [7, 11) is 0. The molecule has 15 heavy (non-hydrogen) atoms. The first kappa shape index (κ1) is 14.9. The van der Waals surface area contributed by atoms with E-state index in [9.17, 15) is 5.11 Å². The van der Waals surface area contributed by atoms with Crippen LogP contribution < -0.4 is 5.32 Å². The molecule has 0 aliphatic carbocycles. The first-order valence-corrected chi connectivity index (χ1v) is 5.92. The van der Waals surface area contributed by atoms with Crippen LogP contribution in [0.3, 0.4) is 0 Å². The molecule has 0 saturated heterocycles. The molecular weight excluding hydrogens is 190 g/mol. The molecule has 0 rings (SSSR count). The van der Waals surface area contributed by atoms with Crippen LogP contribution in [-0.2, 0) is 0 Å². The lowest BCUT2D eigenvalue weighted by molar-refractivity contribution is 0.116. The van der Waals surface area contributed by atoms with E-state index in [0.717, 1.165) is 25.8 Å². The van der Waals surface area contributed by atoms with Crippen molar-refractivity contribution in [2.24, 2.45) is 5.41 Å². The van der Waals surface area contributed by atoms with Gasteiger partial charge in [0.1, 0.15) is 0 Å². The van der Waals surface area contributed by atoms with Gasteiger partial charge in [-0.05, 0) is 26.2 Å². The zero-order chi connectivity index (χ0) is 11.9. The summed E-state index contributed by atoms with van der Waals surface area (Å²) < 4.78 is 0. The molecule has 0 radical (unpaired) electrons. The van der Waals surface area contributed by atoms with E-state index in [4.69, 9.17) is 5.11 Å². The van der Waals surface area contributed by atoms with Crippen LogP contribution in [0.15, 0.2) is 0 Å². The number of rotatable bonds is 8. The molecule has 0 aromatic heterocycles. The average Bonchev–Trinajstić information content (AvgIpc) is 2.26. The van der Waals surface area contributed by atoms with Gasteiger partial charge >= 0.3 is 0 Å². The van der Waals surface area contributed by atoms with Crippen molar-refractivity contribution in [1.82, 2.24) is 5.32 Å². The summed E-state index contributed by atoms with van der Waals surface area (Å²) in [5, 5.41) is 21.8. The Morgan fingerprint density at radius 2 is 1.67 bits per heavy atom. The van der Waals surface area contributed by atoms with Gasteiger partial charge in [-0.2, -0.15) is 0 Å². The van der Waals surface area contributed by atoms with E-state index in [0.29, 0.717) is 0 Å². The lowest BCUT2D eigenvalue weighted by Crippen LogP contribution is -2.48. The predicted octanol–water partition coefficient (Wildman–Crippen LogP) is 1.54. The molecule has 0 aliphatic rings. The molecule has 3 N–H and O–H groups in total. The Bertz CT molecular complexity index is 169. The molecule has 0 bridgehead atoms. The zero-order valence-corrected chi connectivity index (χ0v) is 10.6. The second kappa shape index (κ2) is 6.46. The average molecular weight is 217 g/mol. The number of aliphatic hydroxyl groups is 2. The normalized spacial score (nSPS) is 19.6. The molecule has 0 spiro atoms. The summed E-state index contributed by atoms with van der Waals surface area (Å²) in [5.41, 5.74) is -0.0633. The highest BCUT2D eigenvalue weighted by Crippen LogP contribution is 2.22. The summed E-state index contributed by atoms with van der Waals surface area (Å²) in [6.45, 7) is 9.61. The molecule has 2 unspecified atom stereocenters. The van der Waals surface area contributed by atoms with Crippen molar-refractivity contribution < 1.29 is 10.2 Å². The van der Waals surface area contributed by atoms with Gasteiger partial charge in [0, 0.05) is 30.7 Å². The van der Waals surface area contributed by atoms with Gasteiger partial charge in [0.05, 0.1) is 0 Å². The van der Waals surface area contributed by atoms with Gasteiger partial charge in [-0.1, -0.05) is 20.8 Å². The first-order valence-electron chi connectivity index (χ1n) is 5.92. The highest BCUT2D eigenvalue weighted by atomic mass is 16.3. The summed E-state index contributed by atoms with van der Waals surface area (Å²) in [6.07, 6.45) is 2.70. The Balaban J connectivity index is 4.20. The molecule has 92 valence electrons. The second-order valence-corrected chi connectivity index (χ2v) is 5.06. The minimum Gasteiger partial charge on any atom is -0.396 e. The first-order chi connectivity index (χ1) is 6.95. The van der Waals surface area contributed by atoms with Gasteiger partial charge in [0.15, 0.2) is 0 Å². The molecular formula is C12H27NO2. The smallest absolute Gasteiger partial charge is 0.0496 e. The summed E-state index contributed by atoms with van der Waals surface area (Å²) >= 11 is 0. The van der Waals surface area contributed by atoms with Crippen molar-refractivity contribution >= 4 is 0 Å². The Morgan fingerprint density at radius 3 is 2.00 bits per heavy atom. The lowest BCUT2D eigenvalue weighted by atomic mass is 9.86. The third-order valence-corrected chi connectivity index (χ3v) is 3.62. The van der Waals surface area contributed by atoms with Crippen LogP contribution >= 0.6 is 0 Å². The lowest BCUT2D eigenvalue weighted by Gasteiger charge is -2.35. The van der Waals surface area contributed by atoms with Gasteiger partial charge in [-0.15, -0.1) is 0 Å². The molecule has 3 heteroatoms. The van der Waals surface area contributed by atoms with Crippen LogP contribution in [0.2, 0.25) is 0 Å². The van der Waals surface area contributed by atoms with Crippen LogP contribution in [0.25, 0.3) is 0 Å². The fraction of sp³-hybridized carbons (Fsp3) is 1.00. The van der Waals surface area contributed by atoms with E-state index in [1.54, 1.807) is 0 Å². The second-order valence-electron chi connectivity index (χ2n) is 5.06. The fourth-order valence-electron chi connectivity index (χ4n) is 1.36. The van der Waals surface area contributed by atoms with E-state index < -0.39 is 0 Å². The minimum absolute atomic E-state index is 0.0135. The molecule has 0 aromatic rings. The van der Waals surface area contributed by atoms with Gasteiger partial charge in [-0.25, -0.2) is 0 Å². The minimum atomic E-state index is -0.0497. The number of hydrogen-bond donors (Lipinski definition) is 3. The third kappa shape index (κ3) is 4.96. The van der Waals surface area contributed by atoms with E-state index in [2.05, 4.69) is 33.0 Å². The third-order valence-electron chi connectivity index (χ3n) is 3.62. The van der Waals surface area contributed by atoms with Crippen LogP contribution in [-0.4, -0.2) is 35.5 Å². The van der Waals surface area contributed by atoms with Crippen LogP contribution in [0.1, 0.15) is 47.0 Å². The quantitative estimate of drug-likeness (QED) is 0.578. The highest BCUT2D eigenvalue weighted by molar-refractivity contribution is 4.85. The van der Waals surface area contributed by atoms with E-state index in [-0.39, 0.29) is 24.2 Å². The van der Waals surface area contributed by atoms with E-state index in [1.807, 2.05) is 0 Å². The largest absolute Gasteiger partial charge is 0.396 e. The van der Waals surface area contributed by atoms with Crippen molar-refractivity contribution in [3.8, 4) is 0 Å². The molecule has 0 aliphatic heterocycles. The van der Waals surface area contributed by atoms with Crippen molar-refractivity contribution in [1.29, 1.82) is 0 Å². The topological polar surface area (TPSA) is 52.5 Å². The van der Waals surface area contributed by atoms with E-state index >= 15 is 0 Å². The predicted molar refractivity (Wildman–Crippen MR) is 63.9 cm³/mol. The number of hydrogen-bond acceptors (Lipinski definition) is 3. The summed E-state index contributed by atoms with van der Waals surface area (Å²) in [5.74, 6) is 0. The highest BCUT2D eigenvalue weighted by Gasteiger charge is 2.26. The molecule has 0 saturated carbocycles. The van der Waals surface area contributed by atoms with Crippen LogP contribution in [0, 0.1) is 5.41 Å². The van der Waals surface area contributed by atoms with Gasteiger partial charge in [-0.3, -0.25) is 0 Å². The van der Waals surface area contributed by atoms with Crippen molar-refractivity contribution in [2.45, 2.75) is 52.5 Å². The van der Waals surface area contributed by atoms with Crippen LogP contribution in [0.4, 0.5) is 0 Å². The van der Waals surface area contributed by atoms with Gasteiger partial charge < -0.3 is 15.5 Å². The Morgan fingerprint density at radius 1 is 1.07 bits per heavy atom. The Labute approximate surface area is 93.9 Å².